The average molecular weight is 427 g/mol. The number of nitrogens with one attached hydrogen (secondary N) is 3. The Kier molecular flexibility index (Phi) is 7.98. The summed E-state index contributed by atoms with van der Waals surface area (Å²) in [5.41, 5.74) is 1.30. The minimum absolute atomic E-state index is 0.138. The number of carbonyl (C=O) groups is 2. The van der Waals surface area contributed by atoms with E-state index in [1.54, 1.807) is 12.0 Å². The van der Waals surface area contributed by atoms with Gasteiger partial charge in [0.25, 0.3) is 0 Å². The van der Waals surface area contributed by atoms with Gasteiger partial charge in [-0.25, -0.2) is 9.59 Å². The molecule has 0 atom stereocenters. The van der Waals surface area contributed by atoms with E-state index in [2.05, 4.69) is 16.0 Å². The van der Waals surface area contributed by atoms with Crippen molar-refractivity contribution in [1.29, 1.82) is 0 Å². The van der Waals surface area contributed by atoms with Crippen LogP contribution in [0.2, 0.25) is 0 Å². The number of urea groups is 2. The number of likely N-dealkylation sites (tertiary alicyclic amines) is 1. The van der Waals surface area contributed by atoms with Crippen molar-refractivity contribution in [2.75, 3.05) is 44.0 Å². The van der Waals surface area contributed by atoms with Gasteiger partial charge in [0.1, 0.15) is 11.5 Å². The summed E-state index contributed by atoms with van der Waals surface area (Å²) in [5, 5.41) is 8.68. The molecule has 2 aromatic carbocycles. The van der Waals surface area contributed by atoms with Gasteiger partial charge in [-0.2, -0.15) is 0 Å². The molecule has 1 saturated heterocycles. The second-order valence-electron chi connectivity index (χ2n) is 7.33. The van der Waals surface area contributed by atoms with Gasteiger partial charge >= 0.3 is 12.1 Å². The van der Waals surface area contributed by atoms with Gasteiger partial charge in [-0.1, -0.05) is 24.3 Å². The van der Waals surface area contributed by atoms with Gasteiger partial charge in [0.2, 0.25) is 0 Å². The van der Waals surface area contributed by atoms with Crippen molar-refractivity contribution in [2.45, 2.75) is 19.8 Å². The first-order valence-corrected chi connectivity index (χ1v) is 10.6. The van der Waals surface area contributed by atoms with Crippen LogP contribution in [0.5, 0.6) is 11.5 Å². The SMILES string of the molecule is CCOc1ccccc1NC(=O)NCC1CCN(C(=O)Nc2ccccc2OC)CC1. The lowest BCUT2D eigenvalue weighted by Crippen LogP contribution is -2.43. The molecule has 166 valence electrons. The van der Waals surface area contributed by atoms with Crippen molar-refractivity contribution in [3.05, 3.63) is 48.5 Å². The normalized spacial score (nSPS) is 13.9. The lowest BCUT2D eigenvalue weighted by molar-refractivity contribution is 0.181. The maximum Gasteiger partial charge on any atom is 0.321 e. The predicted molar refractivity (Wildman–Crippen MR) is 121 cm³/mol. The van der Waals surface area contributed by atoms with Crippen molar-refractivity contribution in [2.24, 2.45) is 5.92 Å². The van der Waals surface area contributed by atoms with Crippen LogP contribution in [0.1, 0.15) is 19.8 Å². The highest BCUT2D eigenvalue weighted by Gasteiger charge is 2.23. The number of nitrogens with zero attached hydrogens (tertiary/aromatic N) is 1. The predicted octanol–water partition coefficient (Wildman–Crippen LogP) is 4.16. The van der Waals surface area contributed by atoms with Gasteiger partial charge < -0.3 is 30.3 Å². The molecule has 0 spiro atoms. The molecule has 0 saturated carbocycles. The minimum atomic E-state index is -0.261. The number of para-hydroxylation sites is 4. The molecule has 0 unspecified atom stereocenters. The van der Waals surface area contributed by atoms with E-state index >= 15 is 0 Å². The van der Waals surface area contributed by atoms with Gasteiger partial charge in [0, 0.05) is 19.6 Å². The molecule has 1 heterocycles. The number of carbonyl (C=O) groups excluding carboxylic acids is 2. The number of hydrogen-bond acceptors (Lipinski definition) is 4. The first-order chi connectivity index (χ1) is 15.1. The van der Waals surface area contributed by atoms with E-state index in [1.165, 1.54) is 0 Å². The fourth-order valence-corrected chi connectivity index (χ4v) is 3.54. The summed E-state index contributed by atoms with van der Waals surface area (Å²) in [6.45, 7) is 4.28. The molecule has 3 rings (SSSR count). The van der Waals surface area contributed by atoms with Crippen LogP contribution in [0, 0.1) is 5.92 Å². The van der Waals surface area contributed by atoms with Gasteiger partial charge in [0.15, 0.2) is 0 Å². The molecule has 8 heteroatoms. The highest BCUT2D eigenvalue weighted by Crippen LogP contribution is 2.25. The number of methoxy groups -OCH3 is 1. The molecule has 1 aliphatic heterocycles. The van der Waals surface area contributed by atoms with E-state index < -0.39 is 0 Å². The fraction of sp³-hybridized carbons (Fsp3) is 0.391. The molecular weight excluding hydrogens is 396 g/mol. The van der Waals surface area contributed by atoms with Crippen molar-refractivity contribution in [1.82, 2.24) is 10.2 Å². The largest absolute Gasteiger partial charge is 0.495 e. The lowest BCUT2D eigenvalue weighted by atomic mass is 9.97. The maximum atomic E-state index is 12.6. The van der Waals surface area contributed by atoms with Crippen LogP contribution < -0.4 is 25.4 Å². The van der Waals surface area contributed by atoms with Crippen LogP contribution in [-0.2, 0) is 0 Å². The van der Waals surface area contributed by atoms with Crippen LogP contribution in [-0.4, -0.2) is 50.3 Å². The number of benzene rings is 2. The van der Waals surface area contributed by atoms with Crippen LogP contribution in [0.15, 0.2) is 48.5 Å². The third-order valence-corrected chi connectivity index (χ3v) is 5.24. The van der Waals surface area contributed by atoms with Gasteiger partial charge in [0.05, 0.1) is 25.1 Å². The summed E-state index contributed by atoms with van der Waals surface area (Å²) >= 11 is 0. The number of hydrogen-bond donors (Lipinski definition) is 3. The van der Waals surface area contributed by atoms with E-state index in [0.29, 0.717) is 55.0 Å². The number of anilines is 2. The van der Waals surface area contributed by atoms with Crippen molar-refractivity contribution >= 4 is 23.4 Å². The number of amides is 4. The smallest absolute Gasteiger partial charge is 0.321 e. The zero-order valence-electron chi connectivity index (χ0n) is 18.0. The highest BCUT2D eigenvalue weighted by molar-refractivity contribution is 5.91. The van der Waals surface area contributed by atoms with Crippen LogP contribution >= 0.6 is 0 Å². The monoisotopic (exact) mass is 426 g/mol. The maximum absolute atomic E-state index is 12.6. The van der Waals surface area contributed by atoms with Gasteiger partial charge in [-0.05, 0) is 49.9 Å². The molecule has 4 amide bonds. The second-order valence-corrected chi connectivity index (χ2v) is 7.33. The molecule has 0 aliphatic carbocycles. The standard InChI is InChI=1S/C23H30N4O4/c1-3-31-21-11-7-5-9-19(21)25-22(28)24-16-17-12-14-27(15-13-17)23(29)26-18-8-4-6-10-20(18)30-2/h4-11,17H,3,12-16H2,1-2H3,(H,26,29)(H2,24,25,28). The Morgan fingerprint density at radius 2 is 1.58 bits per heavy atom. The Morgan fingerprint density at radius 3 is 2.23 bits per heavy atom. The van der Waals surface area contributed by atoms with Crippen LogP contribution in [0.3, 0.4) is 0 Å². The van der Waals surface area contributed by atoms with E-state index in [1.807, 2.05) is 55.5 Å². The quantitative estimate of drug-likeness (QED) is 0.620. The first kappa shape index (κ1) is 22.3. The molecule has 8 nitrogen and oxygen atoms in total. The number of rotatable bonds is 7. The molecule has 0 radical (unpaired) electrons. The molecule has 0 bridgehead atoms. The third kappa shape index (κ3) is 6.28. The van der Waals surface area contributed by atoms with E-state index in [0.717, 1.165) is 12.8 Å². The van der Waals surface area contributed by atoms with E-state index in [9.17, 15) is 9.59 Å². The summed E-state index contributed by atoms with van der Waals surface area (Å²) in [6, 6.07) is 14.3. The second kappa shape index (κ2) is 11.1. The zero-order valence-corrected chi connectivity index (χ0v) is 18.0. The lowest BCUT2D eigenvalue weighted by Gasteiger charge is -2.32. The van der Waals surface area contributed by atoms with E-state index in [4.69, 9.17) is 9.47 Å². The Balaban J connectivity index is 1.42. The number of ether oxygens (including phenoxy) is 2. The summed E-state index contributed by atoms with van der Waals surface area (Å²) in [5.74, 6) is 1.60. The Bertz CT molecular complexity index is 881. The molecule has 2 aromatic rings. The topological polar surface area (TPSA) is 91.9 Å². The summed E-state index contributed by atoms with van der Waals surface area (Å²) < 4.78 is 10.8. The van der Waals surface area contributed by atoms with Crippen LogP contribution in [0.25, 0.3) is 0 Å². The molecule has 1 aliphatic rings. The summed E-state index contributed by atoms with van der Waals surface area (Å²) in [4.78, 5) is 26.6. The Morgan fingerprint density at radius 1 is 0.968 bits per heavy atom. The minimum Gasteiger partial charge on any atom is -0.495 e. The van der Waals surface area contributed by atoms with Crippen LogP contribution in [0.4, 0.5) is 21.0 Å². The number of piperidine rings is 1. The molecular formula is C23H30N4O4. The molecule has 0 aromatic heterocycles. The van der Waals surface area contributed by atoms with Crippen molar-refractivity contribution in [3.63, 3.8) is 0 Å². The van der Waals surface area contributed by atoms with Crippen molar-refractivity contribution in [3.8, 4) is 11.5 Å². The Labute approximate surface area is 182 Å². The zero-order chi connectivity index (χ0) is 22.1. The van der Waals surface area contributed by atoms with E-state index in [-0.39, 0.29) is 12.1 Å². The molecule has 31 heavy (non-hydrogen) atoms. The summed E-state index contributed by atoms with van der Waals surface area (Å²) in [6.07, 6.45) is 1.66. The third-order valence-electron chi connectivity index (χ3n) is 5.24. The molecule has 3 N–H and O–H groups in total. The van der Waals surface area contributed by atoms with Gasteiger partial charge in [-0.15, -0.1) is 0 Å². The highest BCUT2D eigenvalue weighted by atomic mass is 16.5. The van der Waals surface area contributed by atoms with Gasteiger partial charge in [-0.3, -0.25) is 0 Å². The van der Waals surface area contributed by atoms with Crippen molar-refractivity contribution < 1.29 is 19.1 Å². The fourth-order valence-electron chi connectivity index (χ4n) is 3.54. The average Bonchev–Trinajstić information content (AvgIpc) is 2.80. The Hall–Kier alpha value is -3.42. The first-order valence-electron chi connectivity index (χ1n) is 10.6. The summed E-state index contributed by atoms with van der Waals surface area (Å²) in [7, 11) is 1.58. The molecule has 1 fully saturated rings.